The van der Waals surface area contributed by atoms with E-state index in [2.05, 4.69) is 4.90 Å². The predicted octanol–water partition coefficient (Wildman–Crippen LogP) is 0.996. The summed E-state index contributed by atoms with van der Waals surface area (Å²) in [5.41, 5.74) is 6.63. The molecule has 1 fully saturated rings. The maximum atomic E-state index is 10.1. The molecule has 0 aromatic heterocycles. The van der Waals surface area contributed by atoms with Gasteiger partial charge in [-0.2, -0.15) is 0 Å². The molecule has 0 radical (unpaired) electrons. The lowest BCUT2D eigenvalue weighted by Gasteiger charge is -2.32. The molecule has 118 valence electrons. The van der Waals surface area contributed by atoms with Gasteiger partial charge in [0.2, 0.25) is 0 Å². The van der Waals surface area contributed by atoms with Gasteiger partial charge in [-0.25, -0.2) is 0 Å². The van der Waals surface area contributed by atoms with E-state index in [4.69, 9.17) is 15.2 Å². The Kier molecular flexibility index (Phi) is 6.45. The molecule has 1 saturated heterocycles. The Hall–Kier alpha value is -1.14. The van der Waals surface area contributed by atoms with Gasteiger partial charge in [0, 0.05) is 38.9 Å². The summed E-state index contributed by atoms with van der Waals surface area (Å²) in [5.74, 6) is 0.761. The maximum absolute atomic E-state index is 10.1. The number of ether oxygens (including phenoxy) is 2. The molecular weight excluding hydrogens is 268 g/mol. The first kappa shape index (κ1) is 16.2. The number of benzene rings is 1. The third-order valence-corrected chi connectivity index (χ3v) is 3.96. The van der Waals surface area contributed by atoms with Crippen molar-refractivity contribution in [1.82, 2.24) is 4.90 Å². The van der Waals surface area contributed by atoms with Gasteiger partial charge in [0.25, 0.3) is 0 Å². The van der Waals surface area contributed by atoms with E-state index in [1.54, 1.807) is 7.11 Å². The van der Waals surface area contributed by atoms with E-state index < -0.39 is 6.10 Å². The van der Waals surface area contributed by atoms with Gasteiger partial charge in [-0.3, -0.25) is 0 Å². The summed E-state index contributed by atoms with van der Waals surface area (Å²) in [5, 5.41) is 10.1. The van der Waals surface area contributed by atoms with Crippen LogP contribution in [0.25, 0.3) is 0 Å². The van der Waals surface area contributed by atoms with Crippen molar-refractivity contribution in [1.29, 1.82) is 0 Å². The largest absolute Gasteiger partial charge is 0.491 e. The minimum Gasteiger partial charge on any atom is -0.491 e. The summed E-state index contributed by atoms with van der Waals surface area (Å²) in [6.45, 7) is 3.31. The normalized spacial score (nSPS) is 18.6. The number of aliphatic hydroxyl groups excluding tert-OH is 1. The van der Waals surface area contributed by atoms with Crippen LogP contribution in [0.1, 0.15) is 18.4 Å². The van der Waals surface area contributed by atoms with Gasteiger partial charge in [-0.15, -0.1) is 0 Å². The molecule has 1 aromatic rings. The highest BCUT2D eigenvalue weighted by Crippen LogP contribution is 2.18. The number of hydrogen-bond donors (Lipinski definition) is 2. The van der Waals surface area contributed by atoms with E-state index in [9.17, 15) is 5.11 Å². The third kappa shape index (κ3) is 4.97. The summed E-state index contributed by atoms with van der Waals surface area (Å²) in [6.07, 6.45) is 1.93. The molecule has 21 heavy (non-hydrogen) atoms. The Morgan fingerprint density at radius 1 is 1.33 bits per heavy atom. The first-order chi connectivity index (χ1) is 10.2. The lowest BCUT2D eigenvalue weighted by atomic mass is 10.1. The number of hydrogen-bond acceptors (Lipinski definition) is 5. The van der Waals surface area contributed by atoms with Crippen molar-refractivity contribution in [3.8, 4) is 5.75 Å². The van der Waals surface area contributed by atoms with Gasteiger partial charge in [0.05, 0.1) is 6.10 Å². The maximum Gasteiger partial charge on any atom is 0.123 e. The molecule has 1 aromatic carbocycles. The number of likely N-dealkylation sites (tertiary alicyclic amines) is 1. The van der Waals surface area contributed by atoms with Gasteiger partial charge < -0.3 is 25.2 Å². The SMILES string of the molecule is COC1CCN(CC(O)COc2ccccc2CN)CC1. The molecule has 5 heteroatoms. The lowest BCUT2D eigenvalue weighted by Crippen LogP contribution is -2.42. The second kappa shape index (κ2) is 8.34. The Labute approximate surface area is 126 Å². The monoisotopic (exact) mass is 294 g/mol. The third-order valence-electron chi connectivity index (χ3n) is 3.96. The van der Waals surface area contributed by atoms with E-state index in [0.29, 0.717) is 25.8 Å². The van der Waals surface area contributed by atoms with Crippen LogP contribution in [0.2, 0.25) is 0 Å². The van der Waals surface area contributed by atoms with Crippen LogP contribution < -0.4 is 10.5 Å². The number of rotatable bonds is 7. The van der Waals surface area contributed by atoms with Crippen LogP contribution >= 0.6 is 0 Å². The minimum absolute atomic E-state index is 0.293. The first-order valence-electron chi connectivity index (χ1n) is 7.57. The topological polar surface area (TPSA) is 68.0 Å². The van der Waals surface area contributed by atoms with E-state index in [1.165, 1.54) is 0 Å². The fourth-order valence-corrected chi connectivity index (χ4v) is 2.68. The number of methoxy groups -OCH3 is 1. The predicted molar refractivity (Wildman–Crippen MR) is 82.3 cm³/mol. The minimum atomic E-state index is -0.491. The summed E-state index contributed by atoms with van der Waals surface area (Å²) in [4.78, 5) is 2.26. The second-order valence-corrected chi connectivity index (χ2v) is 5.51. The molecule has 0 amide bonds. The molecule has 2 rings (SSSR count). The van der Waals surface area contributed by atoms with Crippen molar-refractivity contribution in [3.63, 3.8) is 0 Å². The summed E-state index contributed by atoms with van der Waals surface area (Å²) in [6, 6.07) is 7.68. The van der Waals surface area contributed by atoms with Crippen molar-refractivity contribution < 1.29 is 14.6 Å². The van der Waals surface area contributed by atoms with Crippen LogP contribution in [0.15, 0.2) is 24.3 Å². The molecule has 3 N–H and O–H groups in total. The van der Waals surface area contributed by atoms with Crippen molar-refractivity contribution in [2.45, 2.75) is 31.6 Å². The van der Waals surface area contributed by atoms with Crippen molar-refractivity contribution in [2.75, 3.05) is 33.4 Å². The molecule has 1 aliphatic heterocycles. The van der Waals surface area contributed by atoms with Crippen LogP contribution in [-0.2, 0) is 11.3 Å². The van der Waals surface area contributed by atoms with Crippen LogP contribution in [0.5, 0.6) is 5.75 Å². The molecule has 0 aliphatic carbocycles. The molecule has 0 bridgehead atoms. The van der Waals surface area contributed by atoms with Crippen LogP contribution in [0, 0.1) is 0 Å². The van der Waals surface area contributed by atoms with E-state index in [1.807, 2.05) is 24.3 Å². The van der Waals surface area contributed by atoms with Crippen molar-refractivity contribution in [3.05, 3.63) is 29.8 Å². The summed E-state index contributed by atoms with van der Waals surface area (Å²) < 4.78 is 11.0. The highest BCUT2D eigenvalue weighted by molar-refractivity contribution is 5.32. The molecule has 1 atom stereocenters. The van der Waals surface area contributed by atoms with Crippen LogP contribution in [0.3, 0.4) is 0 Å². The number of nitrogens with zero attached hydrogens (tertiary/aromatic N) is 1. The molecule has 1 unspecified atom stereocenters. The highest BCUT2D eigenvalue weighted by atomic mass is 16.5. The quantitative estimate of drug-likeness (QED) is 0.785. The fourth-order valence-electron chi connectivity index (χ4n) is 2.68. The molecule has 0 spiro atoms. The highest BCUT2D eigenvalue weighted by Gasteiger charge is 2.20. The molecule has 5 nitrogen and oxygen atoms in total. The van der Waals surface area contributed by atoms with Gasteiger partial charge in [-0.05, 0) is 18.9 Å². The zero-order valence-corrected chi connectivity index (χ0v) is 12.7. The smallest absolute Gasteiger partial charge is 0.123 e. The number of piperidine rings is 1. The Morgan fingerprint density at radius 3 is 2.71 bits per heavy atom. The van der Waals surface area contributed by atoms with E-state index >= 15 is 0 Å². The summed E-state index contributed by atoms with van der Waals surface area (Å²) >= 11 is 0. The average Bonchev–Trinajstić information content (AvgIpc) is 2.54. The van der Waals surface area contributed by atoms with Crippen molar-refractivity contribution in [2.24, 2.45) is 5.73 Å². The Balaban J connectivity index is 1.73. The summed E-state index contributed by atoms with van der Waals surface area (Å²) in [7, 11) is 1.76. The molecule has 0 saturated carbocycles. The second-order valence-electron chi connectivity index (χ2n) is 5.51. The standard InChI is InChI=1S/C16H26N2O3/c1-20-15-6-8-18(9-7-15)11-14(19)12-21-16-5-3-2-4-13(16)10-17/h2-5,14-15,19H,6-12,17H2,1H3. The lowest BCUT2D eigenvalue weighted by molar-refractivity contribution is 0.0152. The van der Waals surface area contributed by atoms with Gasteiger partial charge in [0.15, 0.2) is 0 Å². The Morgan fingerprint density at radius 2 is 2.05 bits per heavy atom. The number of para-hydroxylation sites is 1. The average molecular weight is 294 g/mol. The van der Waals surface area contributed by atoms with Crippen molar-refractivity contribution >= 4 is 0 Å². The molecule has 1 heterocycles. The van der Waals surface area contributed by atoms with Crippen LogP contribution in [-0.4, -0.2) is 55.6 Å². The Bertz CT molecular complexity index is 420. The molecular formula is C16H26N2O3. The van der Waals surface area contributed by atoms with Gasteiger partial charge in [-0.1, -0.05) is 18.2 Å². The zero-order valence-electron chi connectivity index (χ0n) is 12.7. The number of aliphatic hydroxyl groups is 1. The van der Waals surface area contributed by atoms with Gasteiger partial charge in [0.1, 0.15) is 18.5 Å². The first-order valence-corrected chi connectivity index (χ1v) is 7.57. The van der Waals surface area contributed by atoms with Crippen LogP contribution in [0.4, 0.5) is 0 Å². The number of β-amino-alcohol motifs (C(OH)–C–C–N with tert-alkyl or cyclic N) is 1. The fraction of sp³-hybridized carbons (Fsp3) is 0.625. The van der Waals surface area contributed by atoms with E-state index in [0.717, 1.165) is 37.2 Å². The number of nitrogens with two attached hydrogens (primary N) is 1. The van der Waals surface area contributed by atoms with Gasteiger partial charge >= 0.3 is 0 Å². The molecule has 1 aliphatic rings. The van der Waals surface area contributed by atoms with E-state index in [-0.39, 0.29) is 0 Å². The zero-order chi connectivity index (χ0) is 15.1.